The third-order valence-electron chi connectivity index (χ3n) is 3.81. The van der Waals surface area contributed by atoms with Gasteiger partial charge in [0.15, 0.2) is 6.61 Å². The number of anilines is 1. The molecule has 22 heavy (non-hydrogen) atoms. The summed E-state index contributed by atoms with van der Waals surface area (Å²) in [6, 6.07) is 13.3. The molecule has 1 aliphatic heterocycles. The van der Waals surface area contributed by atoms with E-state index in [-0.39, 0.29) is 12.5 Å². The number of nitrogens with zero attached hydrogens (tertiary/aromatic N) is 1. The molecular formula is C18H18ClNO2. The van der Waals surface area contributed by atoms with Gasteiger partial charge in [-0.1, -0.05) is 35.4 Å². The zero-order valence-electron chi connectivity index (χ0n) is 12.5. The first-order chi connectivity index (χ1) is 10.6. The smallest absolute Gasteiger partial charge is 0.264 e. The van der Waals surface area contributed by atoms with Gasteiger partial charge in [-0.05, 0) is 49.6 Å². The standard InChI is InChI=1S/C18H18ClNO2/c1-13-7-8-17-14(10-13)4-3-9-20(17)18(21)12-22-16-6-2-5-15(19)11-16/h2,5-8,10-11H,3-4,9,12H2,1H3. The maximum Gasteiger partial charge on any atom is 0.264 e. The molecule has 4 heteroatoms. The highest BCUT2D eigenvalue weighted by Crippen LogP contribution is 2.28. The lowest BCUT2D eigenvalue weighted by Crippen LogP contribution is -2.38. The van der Waals surface area contributed by atoms with Gasteiger partial charge < -0.3 is 9.64 Å². The number of amides is 1. The number of ether oxygens (including phenoxy) is 1. The van der Waals surface area contributed by atoms with Crippen LogP contribution in [-0.4, -0.2) is 19.1 Å². The second kappa shape index (κ2) is 6.41. The predicted molar refractivity (Wildman–Crippen MR) is 88.8 cm³/mol. The van der Waals surface area contributed by atoms with Crippen LogP contribution in [0.1, 0.15) is 17.5 Å². The summed E-state index contributed by atoms with van der Waals surface area (Å²) in [6.07, 6.45) is 2.01. The molecular weight excluding hydrogens is 298 g/mol. The molecule has 1 heterocycles. The van der Waals surface area contributed by atoms with Gasteiger partial charge in [-0.15, -0.1) is 0 Å². The molecule has 0 aliphatic carbocycles. The van der Waals surface area contributed by atoms with Crippen LogP contribution in [0, 0.1) is 6.92 Å². The van der Waals surface area contributed by atoms with Gasteiger partial charge in [-0.25, -0.2) is 0 Å². The fraction of sp³-hybridized carbons (Fsp3) is 0.278. The van der Waals surface area contributed by atoms with E-state index in [1.165, 1.54) is 11.1 Å². The van der Waals surface area contributed by atoms with Gasteiger partial charge in [0.05, 0.1) is 0 Å². The fourth-order valence-electron chi connectivity index (χ4n) is 2.76. The number of benzene rings is 2. The van der Waals surface area contributed by atoms with E-state index < -0.39 is 0 Å². The minimum Gasteiger partial charge on any atom is -0.484 e. The van der Waals surface area contributed by atoms with Crippen LogP contribution in [0.25, 0.3) is 0 Å². The summed E-state index contributed by atoms with van der Waals surface area (Å²) in [6.45, 7) is 2.84. The average molecular weight is 316 g/mol. The highest BCUT2D eigenvalue weighted by atomic mass is 35.5. The molecule has 114 valence electrons. The Labute approximate surface area is 135 Å². The van der Waals surface area contributed by atoms with Crippen LogP contribution < -0.4 is 9.64 Å². The molecule has 0 saturated carbocycles. The molecule has 1 amide bonds. The van der Waals surface area contributed by atoms with Crippen LogP contribution in [0.15, 0.2) is 42.5 Å². The fourth-order valence-corrected chi connectivity index (χ4v) is 2.95. The normalized spacial score (nSPS) is 13.6. The first-order valence-corrected chi connectivity index (χ1v) is 7.79. The van der Waals surface area contributed by atoms with Crippen LogP contribution in [0.5, 0.6) is 5.75 Å². The topological polar surface area (TPSA) is 29.5 Å². The summed E-state index contributed by atoms with van der Waals surface area (Å²) in [5.41, 5.74) is 3.47. The number of aryl methyl sites for hydroxylation is 2. The number of rotatable bonds is 3. The van der Waals surface area contributed by atoms with E-state index in [9.17, 15) is 4.79 Å². The maximum atomic E-state index is 12.5. The summed E-state index contributed by atoms with van der Waals surface area (Å²) >= 11 is 5.92. The summed E-state index contributed by atoms with van der Waals surface area (Å²) < 4.78 is 5.56. The van der Waals surface area contributed by atoms with E-state index in [0.717, 1.165) is 25.1 Å². The van der Waals surface area contributed by atoms with Crippen molar-refractivity contribution in [2.45, 2.75) is 19.8 Å². The van der Waals surface area contributed by atoms with E-state index in [4.69, 9.17) is 16.3 Å². The lowest BCUT2D eigenvalue weighted by Gasteiger charge is -2.29. The Bertz CT molecular complexity index is 699. The number of carbonyl (C=O) groups excluding carboxylic acids is 1. The van der Waals surface area contributed by atoms with Gasteiger partial charge in [-0.3, -0.25) is 4.79 Å². The van der Waals surface area contributed by atoms with Crippen molar-refractivity contribution in [1.82, 2.24) is 0 Å². The maximum absolute atomic E-state index is 12.5. The van der Waals surface area contributed by atoms with Gasteiger partial charge >= 0.3 is 0 Å². The number of carbonyl (C=O) groups is 1. The molecule has 1 aliphatic rings. The highest BCUT2D eigenvalue weighted by molar-refractivity contribution is 6.30. The molecule has 3 rings (SSSR count). The third kappa shape index (κ3) is 3.25. The summed E-state index contributed by atoms with van der Waals surface area (Å²) in [5.74, 6) is 0.590. The van der Waals surface area contributed by atoms with Crippen LogP contribution >= 0.6 is 11.6 Å². The molecule has 2 aromatic carbocycles. The number of fused-ring (bicyclic) bond motifs is 1. The highest BCUT2D eigenvalue weighted by Gasteiger charge is 2.22. The summed E-state index contributed by atoms with van der Waals surface area (Å²) in [7, 11) is 0. The zero-order valence-corrected chi connectivity index (χ0v) is 13.3. The van der Waals surface area contributed by atoms with Crippen molar-refractivity contribution in [2.75, 3.05) is 18.1 Å². The predicted octanol–water partition coefficient (Wildman–Crippen LogP) is 4.01. The van der Waals surface area contributed by atoms with Crippen molar-refractivity contribution in [3.05, 3.63) is 58.6 Å². The van der Waals surface area contributed by atoms with Gasteiger partial charge in [-0.2, -0.15) is 0 Å². The zero-order chi connectivity index (χ0) is 15.5. The van der Waals surface area contributed by atoms with E-state index in [1.54, 1.807) is 24.3 Å². The van der Waals surface area contributed by atoms with Crippen LogP contribution in [0.3, 0.4) is 0 Å². The molecule has 0 spiro atoms. The van der Waals surface area contributed by atoms with E-state index >= 15 is 0 Å². The average Bonchev–Trinajstić information content (AvgIpc) is 2.52. The Morgan fingerprint density at radius 3 is 2.95 bits per heavy atom. The van der Waals surface area contributed by atoms with Gasteiger partial charge in [0.25, 0.3) is 5.91 Å². The van der Waals surface area contributed by atoms with E-state index in [2.05, 4.69) is 13.0 Å². The minimum atomic E-state index is -0.0234. The molecule has 0 atom stereocenters. The van der Waals surface area contributed by atoms with Crippen molar-refractivity contribution >= 4 is 23.2 Å². The summed E-state index contributed by atoms with van der Waals surface area (Å²) in [4.78, 5) is 14.3. The molecule has 0 N–H and O–H groups in total. The van der Waals surface area contributed by atoms with Crippen LogP contribution in [0.2, 0.25) is 5.02 Å². The number of halogens is 1. The first kappa shape index (κ1) is 14.9. The molecule has 0 fully saturated rings. The Kier molecular flexibility index (Phi) is 4.34. The Morgan fingerprint density at radius 1 is 1.27 bits per heavy atom. The van der Waals surface area contributed by atoms with Gasteiger partial charge in [0.1, 0.15) is 5.75 Å². The van der Waals surface area contributed by atoms with Crippen molar-refractivity contribution in [3.8, 4) is 5.75 Å². The van der Waals surface area contributed by atoms with Crippen molar-refractivity contribution in [3.63, 3.8) is 0 Å². The van der Waals surface area contributed by atoms with Crippen molar-refractivity contribution in [2.24, 2.45) is 0 Å². The summed E-state index contributed by atoms with van der Waals surface area (Å²) in [5, 5.41) is 0.601. The monoisotopic (exact) mass is 315 g/mol. The largest absolute Gasteiger partial charge is 0.484 e. The molecule has 3 nitrogen and oxygen atoms in total. The van der Waals surface area contributed by atoms with Crippen LogP contribution in [-0.2, 0) is 11.2 Å². The third-order valence-corrected chi connectivity index (χ3v) is 4.05. The van der Waals surface area contributed by atoms with Crippen LogP contribution in [0.4, 0.5) is 5.69 Å². The first-order valence-electron chi connectivity index (χ1n) is 7.42. The van der Waals surface area contributed by atoms with E-state index in [1.807, 2.05) is 17.0 Å². The minimum absolute atomic E-state index is 0.0215. The second-order valence-corrected chi connectivity index (χ2v) is 5.96. The van der Waals surface area contributed by atoms with Crippen molar-refractivity contribution < 1.29 is 9.53 Å². The van der Waals surface area contributed by atoms with E-state index in [0.29, 0.717) is 10.8 Å². The molecule has 0 saturated heterocycles. The molecule has 0 bridgehead atoms. The van der Waals surface area contributed by atoms with Gasteiger partial charge in [0, 0.05) is 17.3 Å². The SMILES string of the molecule is Cc1ccc2c(c1)CCCN2C(=O)COc1cccc(Cl)c1. The Hall–Kier alpha value is -2.00. The van der Waals surface area contributed by atoms with Gasteiger partial charge in [0.2, 0.25) is 0 Å². The molecule has 2 aromatic rings. The molecule has 0 radical (unpaired) electrons. The number of hydrogen-bond acceptors (Lipinski definition) is 2. The lowest BCUT2D eigenvalue weighted by atomic mass is 9.99. The van der Waals surface area contributed by atoms with Crippen molar-refractivity contribution in [1.29, 1.82) is 0 Å². The Morgan fingerprint density at radius 2 is 2.14 bits per heavy atom. The second-order valence-electron chi connectivity index (χ2n) is 5.53. The lowest BCUT2D eigenvalue weighted by molar-refractivity contribution is -0.120. The number of hydrogen-bond donors (Lipinski definition) is 0. The molecule has 0 aromatic heterocycles. The Balaban J connectivity index is 1.71. The molecule has 0 unspecified atom stereocenters. The quantitative estimate of drug-likeness (QED) is 0.856.